The number of thiazole rings is 1. The lowest BCUT2D eigenvalue weighted by molar-refractivity contribution is 0.116. The van der Waals surface area contributed by atoms with Gasteiger partial charge in [-0.2, -0.15) is 0 Å². The molecule has 0 aliphatic heterocycles. The molecular formula is C25H23N5O2S. The van der Waals surface area contributed by atoms with E-state index in [1.165, 1.54) is 0 Å². The summed E-state index contributed by atoms with van der Waals surface area (Å²) >= 11 is 1.58. The van der Waals surface area contributed by atoms with Crippen molar-refractivity contribution in [3.63, 3.8) is 0 Å². The Kier molecular flexibility index (Phi) is 5.16. The van der Waals surface area contributed by atoms with Gasteiger partial charge in [0.15, 0.2) is 5.13 Å². The number of fused-ring (bicyclic) bond motifs is 2. The quantitative estimate of drug-likeness (QED) is 0.311. The van der Waals surface area contributed by atoms with Crippen LogP contribution in [0.5, 0.6) is 11.5 Å². The highest BCUT2D eigenvalue weighted by molar-refractivity contribution is 7.22. The van der Waals surface area contributed by atoms with Crippen LogP contribution in [-0.2, 0) is 0 Å². The third-order valence-corrected chi connectivity index (χ3v) is 7.01. The maximum atomic E-state index is 10.2. The molecule has 1 aliphatic rings. The molecule has 7 nitrogen and oxygen atoms in total. The lowest BCUT2D eigenvalue weighted by atomic mass is 9.93. The Bertz CT molecular complexity index is 1430. The molecule has 5 aromatic rings. The lowest BCUT2D eigenvalue weighted by Gasteiger charge is -2.27. The molecular weight excluding hydrogens is 434 g/mol. The second-order valence-corrected chi connectivity index (χ2v) is 9.40. The molecule has 6 rings (SSSR count). The highest BCUT2D eigenvalue weighted by Gasteiger charge is 2.23. The minimum Gasteiger partial charge on any atom is -0.457 e. The van der Waals surface area contributed by atoms with E-state index >= 15 is 0 Å². The molecule has 3 N–H and O–H groups in total. The number of aliphatic hydroxyl groups is 1. The number of nitrogens with zero attached hydrogens (tertiary/aromatic N) is 3. The van der Waals surface area contributed by atoms with Crippen LogP contribution >= 0.6 is 11.3 Å². The average molecular weight is 458 g/mol. The maximum absolute atomic E-state index is 10.2. The van der Waals surface area contributed by atoms with E-state index in [0.717, 1.165) is 69.1 Å². The zero-order chi connectivity index (χ0) is 22.2. The number of aromatic amines is 1. The van der Waals surface area contributed by atoms with Gasteiger partial charge >= 0.3 is 0 Å². The van der Waals surface area contributed by atoms with E-state index in [1.54, 1.807) is 17.5 Å². The standard InChI is InChI=1S/C25H23N5O2S/c31-22-4-2-1-3-19(22)29-25-30-20-6-5-17(13-23(20)33-25)32-18-8-10-26-21(12-18)16-11-15-7-9-27-24(15)28-14-16/h5-14,19,22,31H,1-4H2,(H,27,28)(H,29,30)/t19-,22-/m1/s1. The van der Waals surface area contributed by atoms with Crippen molar-refractivity contribution in [2.24, 2.45) is 0 Å². The van der Waals surface area contributed by atoms with Crippen molar-refractivity contribution in [2.75, 3.05) is 5.32 Å². The van der Waals surface area contributed by atoms with Gasteiger partial charge in [0.05, 0.1) is 28.1 Å². The Morgan fingerprint density at radius 3 is 2.88 bits per heavy atom. The number of anilines is 1. The summed E-state index contributed by atoms with van der Waals surface area (Å²) in [5.41, 5.74) is 3.52. The Labute approximate surface area is 194 Å². The minimum absolute atomic E-state index is 0.0743. The molecule has 0 unspecified atom stereocenters. The van der Waals surface area contributed by atoms with Crippen LogP contribution in [0.1, 0.15) is 25.7 Å². The first-order valence-corrected chi connectivity index (χ1v) is 12.0. The van der Waals surface area contributed by atoms with E-state index in [-0.39, 0.29) is 12.1 Å². The molecule has 33 heavy (non-hydrogen) atoms. The van der Waals surface area contributed by atoms with Gasteiger partial charge in [-0.3, -0.25) is 4.98 Å². The molecule has 8 heteroatoms. The van der Waals surface area contributed by atoms with E-state index in [2.05, 4.69) is 31.3 Å². The van der Waals surface area contributed by atoms with Crippen molar-refractivity contribution in [1.82, 2.24) is 19.9 Å². The number of rotatable bonds is 5. The van der Waals surface area contributed by atoms with E-state index in [0.29, 0.717) is 5.75 Å². The van der Waals surface area contributed by atoms with Crippen molar-refractivity contribution in [2.45, 2.75) is 37.8 Å². The summed E-state index contributed by atoms with van der Waals surface area (Å²) in [4.78, 5) is 16.7. The fourth-order valence-electron chi connectivity index (χ4n) is 4.32. The molecule has 0 bridgehead atoms. The third kappa shape index (κ3) is 4.15. The number of H-pyrrole nitrogens is 1. The molecule has 0 spiro atoms. The number of hydrogen-bond donors (Lipinski definition) is 3. The van der Waals surface area contributed by atoms with Crippen LogP contribution in [0.2, 0.25) is 0 Å². The van der Waals surface area contributed by atoms with Crippen LogP contribution in [0.4, 0.5) is 5.13 Å². The number of hydrogen-bond acceptors (Lipinski definition) is 7. The zero-order valence-corrected chi connectivity index (χ0v) is 18.7. The van der Waals surface area contributed by atoms with Gasteiger partial charge in [0.2, 0.25) is 0 Å². The summed E-state index contributed by atoms with van der Waals surface area (Å²) in [7, 11) is 0. The predicted molar refractivity (Wildman–Crippen MR) is 131 cm³/mol. The van der Waals surface area contributed by atoms with Crippen LogP contribution in [0.15, 0.2) is 61.1 Å². The van der Waals surface area contributed by atoms with Gasteiger partial charge in [-0.1, -0.05) is 24.2 Å². The van der Waals surface area contributed by atoms with Crippen molar-refractivity contribution in [1.29, 1.82) is 0 Å². The van der Waals surface area contributed by atoms with Gasteiger partial charge in [0.25, 0.3) is 0 Å². The average Bonchev–Trinajstić information content (AvgIpc) is 3.46. The van der Waals surface area contributed by atoms with Crippen molar-refractivity contribution in [3.8, 4) is 22.8 Å². The Morgan fingerprint density at radius 2 is 1.94 bits per heavy atom. The summed E-state index contributed by atoms with van der Waals surface area (Å²) in [5, 5.41) is 15.6. The van der Waals surface area contributed by atoms with Gasteiger partial charge in [-0.15, -0.1) is 0 Å². The van der Waals surface area contributed by atoms with E-state index in [4.69, 9.17) is 4.74 Å². The minimum atomic E-state index is -0.307. The molecule has 166 valence electrons. The summed E-state index contributed by atoms with van der Waals surface area (Å²) in [6.07, 6.45) is 9.18. The molecule has 2 atom stereocenters. The molecule has 0 radical (unpaired) electrons. The number of aromatic nitrogens is 4. The molecule has 4 heterocycles. The van der Waals surface area contributed by atoms with Crippen LogP contribution in [-0.4, -0.2) is 37.2 Å². The number of pyridine rings is 2. The number of nitrogens with one attached hydrogen (secondary N) is 2. The Morgan fingerprint density at radius 1 is 1.03 bits per heavy atom. The highest BCUT2D eigenvalue weighted by Crippen LogP contribution is 2.33. The van der Waals surface area contributed by atoms with Gasteiger partial charge in [-0.25, -0.2) is 9.97 Å². The fourth-order valence-corrected chi connectivity index (χ4v) is 5.27. The van der Waals surface area contributed by atoms with Gasteiger partial charge in [0.1, 0.15) is 17.1 Å². The van der Waals surface area contributed by atoms with Crippen molar-refractivity contribution >= 4 is 37.7 Å². The van der Waals surface area contributed by atoms with Crippen LogP contribution in [0.3, 0.4) is 0 Å². The van der Waals surface area contributed by atoms with Crippen molar-refractivity contribution in [3.05, 3.63) is 61.1 Å². The SMILES string of the molecule is O[C@@H]1CCCC[C@H]1Nc1nc2ccc(Oc3ccnc(-c4cnc5[nH]ccc5c4)c3)cc2s1. The molecule has 1 saturated carbocycles. The number of benzene rings is 1. The normalized spacial score (nSPS) is 18.6. The summed E-state index contributed by atoms with van der Waals surface area (Å²) < 4.78 is 7.19. The number of aliphatic hydroxyl groups excluding tert-OH is 1. The first-order valence-electron chi connectivity index (χ1n) is 11.1. The Hall–Kier alpha value is -3.49. The van der Waals surface area contributed by atoms with Gasteiger partial charge < -0.3 is 20.1 Å². The van der Waals surface area contributed by atoms with Crippen LogP contribution in [0.25, 0.3) is 32.5 Å². The smallest absolute Gasteiger partial charge is 0.184 e. The van der Waals surface area contributed by atoms with Crippen LogP contribution in [0, 0.1) is 0 Å². The topological polar surface area (TPSA) is 95.9 Å². The molecule has 0 saturated heterocycles. The van der Waals surface area contributed by atoms with Gasteiger partial charge in [0, 0.05) is 41.7 Å². The summed E-state index contributed by atoms with van der Waals surface area (Å²) in [6, 6.07) is 13.8. The Balaban J connectivity index is 1.22. The second-order valence-electron chi connectivity index (χ2n) is 8.37. The summed E-state index contributed by atoms with van der Waals surface area (Å²) in [5.74, 6) is 1.45. The van der Waals surface area contributed by atoms with E-state index < -0.39 is 0 Å². The highest BCUT2D eigenvalue weighted by atomic mass is 32.1. The predicted octanol–water partition coefficient (Wildman–Crippen LogP) is 5.74. The number of ether oxygens (including phenoxy) is 1. The molecule has 0 amide bonds. The molecule has 1 fully saturated rings. The lowest BCUT2D eigenvalue weighted by Crippen LogP contribution is -2.36. The maximum Gasteiger partial charge on any atom is 0.184 e. The van der Waals surface area contributed by atoms with Gasteiger partial charge in [-0.05, 0) is 43.2 Å². The van der Waals surface area contributed by atoms with E-state index in [1.807, 2.05) is 48.8 Å². The largest absolute Gasteiger partial charge is 0.457 e. The second kappa shape index (κ2) is 8.46. The molecule has 1 aromatic carbocycles. The first kappa shape index (κ1) is 20.1. The molecule has 4 aromatic heterocycles. The van der Waals surface area contributed by atoms with E-state index in [9.17, 15) is 5.11 Å². The monoisotopic (exact) mass is 457 g/mol. The molecule has 1 aliphatic carbocycles. The zero-order valence-electron chi connectivity index (χ0n) is 17.9. The van der Waals surface area contributed by atoms with Crippen LogP contribution < -0.4 is 10.1 Å². The first-order chi connectivity index (χ1) is 16.2. The third-order valence-electron chi connectivity index (χ3n) is 6.06. The fraction of sp³-hybridized carbons (Fsp3) is 0.240. The summed E-state index contributed by atoms with van der Waals surface area (Å²) in [6.45, 7) is 0. The van der Waals surface area contributed by atoms with Crippen molar-refractivity contribution < 1.29 is 9.84 Å².